The van der Waals surface area contributed by atoms with Gasteiger partial charge in [0.2, 0.25) is 5.96 Å². The van der Waals surface area contributed by atoms with Crippen LogP contribution in [0, 0.1) is 0 Å². The normalized spacial score (nSPS) is 25.1. The molecule has 3 atom stereocenters. The molecule has 1 fully saturated rings. The number of aromatic nitrogens is 1. The summed E-state index contributed by atoms with van der Waals surface area (Å²) in [5.41, 5.74) is 13.0. The number of hydrogen-bond acceptors (Lipinski definition) is 8. The van der Waals surface area contributed by atoms with Crippen LogP contribution in [0.1, 0.15) is 38.2 Å². The number of fused-ring (bicyclic) bond motifs is 1. The number of ether oxygens (including phenoxy) is 1. The lowest BCUT2D eigenvalue weighted by molar-refractivity contribution is 0.180. The number of rotatable bonds is 5. The number of anilines is 1. The summed E-state index contributed by atoms with van der Waals surface area (Å²) in [6.07, 6.45) is 2.15. The Balaban J connectivity index is 1.86. The number of hydrogen-bond donors (Lipinski definition) is 3. The Labute approximate surface area is 181 Å². The zero-order valence-electron chi connectivity index (χ0n) is 17.5. The van der Waals surface area contributed by atoms with E-state index in [4.69, 9.17) is 32.8 Å². The maximum atomic E-state index is 6.49. The summed E-state index contributed by atoms with van der Waals surface area (Å²) >= 11 is 6.49. The summed E-state index contributed by atoms with van der Waals surface area (Å²) in [5.74, 6) is 1.23. The average molecular weight is 430 g/mol. The van der Waals surface area contributed by atoms with Crippen molar-refractivity contribution in [2.75, 3.05) is 25.2 Å². The van der Waals surface area contributed by atoms with Gasteiger partial charge in [0, 0.05) is 30.5 Å². The molecular formula is C21H28ClN7O. The van der Waals surface area contributed by atoms with Gasteiger partial charge in [0.05, 0.1) is 23.2 Å². The van der Waals surface area contributed by atoms with E-state index in [1.54, 1.807) is 7.11 Å². The minimum Gasteiger partial charge on any atom is -0.383 e. The number of nitrogens with two attached hydrogens (primary N) is 2. The molecule has 1 unspecified atom stereocenters. The van der Waals surface area contributed by atoms with Crippen molar-refractivity contribution in [2.45, 2.75) is 44.3 Å². The molecule has 5 N–H and O–H groups in total. The third-order valence-corrected chi connectivity index (χ3v) is 6.39. The van der Waals surface area contributed by atoms with E-state index in [9.17, 15) is 0 Å². The third-order valence-electron chi connectivity index (χ3n) is 6.09. The molecule has 3 heterocycles. The molecule has 8 nitrogen and oxygen atoms in total. The zero-order chi connectivity index (χ0) is 21.5. The van der Waals surface area contributed by atoms with Crippen molar-refractivity contribution in [1.82, 2.24) is 10.3 Å². The van der Waals surface area contributed by atoms with E-state index in [1.165, 1.54) is 0 Å². The molecule has 0 amide bonds. The third kappa shape index (κ3) is 3.65. The first-order valence-electron chi connectivity index (χ1n) is 10.1. The Morgan fingerprint density at radius 3 is 2.93 bits per heavy atom. The quantitative estimate of drug-likeness (QED) is 0.672. The summed E-state index contributed by atoms with van der Waals surface area (Å²) in [6.45, 7) is 5.63. The number of benzene rings is 1. The van der Waals surface area contributed by atoms with Crippen LogP contribution in [0.5, 0.6) is 0 Å². The lowest BCUT2D eigenvalue weighted by atomic mass is 9.87. The molecule has 0 spiro atoms. The number of pyridine rings is 1. The highest BCUT2D eigenvalue weighted by Crippen LogP contribution is 2.40. The van der Waals surface area contributed by atoms with Gasteiger partial charge in [-0.15, -0.1) is 0 Å². The van der Waals surface area contributed by atoms with Gasteiger partial charge in [-0.05, 0) is 31.9 Å². The van der Waals surface area contributed by atoms with Crippen LogP contribution in [0.15, 0.2) is 34.3 Å². The molecule has 2 aromatic rings. The van der Waals surface area contributed by atoms with Crippen LogP contribution in [-0.2, 0) is 4.74 Å². The van der Waals surface area contributed by atoms with Crippen LogP contribution in [0.2, 0.25) is 5.02 Å². The Morgan fingerprint density at radius 1 is 1.40 bits per heavy atom. The first-order valence-corrected chi connectivity index (χ1v) is 10.5. The molecule has 30 heavy (non-hydrogen) atoms. The second-order valence-corrected chi connectivity index (χ2v) is 8.53. The highest BCUT2D eigenvalue weighted by molar-refractivity contribution is 6.35. The van der Waals surface area contributed by atoms with Crippen molar-refractivity contribution in [3.05, 3.63) is 34.9 Å². The van der Waals surface area contributed by atoms with Gasteiger partial charge in [-0.3, -0.25) is 0 Å². The smallest absolute Gasteiger partial charge is 0.220 e. The number of para-hydroxylation sites is 1. The monoisotopic (exact) mass is 429 g/mol. The van der Waals surface area contributed by atoms with Crippen LogP contribution in [0.3, 0.4) is 0 Å². The average Bonchev–Trinajstić information content (AvgIpc) is 3.14. The highest BCUT2D eigenvalue weighted by atomic mass is 35.5. The fraction of sp³-hybridized carbons (Fsp3) is 0.476. The van der Waals surface area contributed by atoms with Crippen LogP contribution < -0.4 is 21.7 Å². The Hall–Kier alpha value is -2.58. The van der Waals surface area contributed by atoms with E-state index in [1.807, 2.05) is 25.1 Å². The predicted molar refractivity (Wildman–Crippen MR) is 122 cm³/mol. The second kappa shape index (κ2) is 7.92. The van der Waals surface area contributed by atoms with Gasteiger partial charge in [-0.2, -0.15) is 4.99 Å². The highest BCUT2D eigenvalue weighted by Gasteiger charge is 2.38. The fourth-order valence-corrected chi connectivity index (χ4v) is 4.63. The number of nitrogens with one attached hydrogen (secondary N) is 1. The molecule has 2 aliphatic rings. The molecule has 0 aliphatic carbocycles. The van der Waals surface area contributed by atoms with E-state index >= 15 is 0 Å². The molecule has 160 valence electrons. The van der Waals surface area contributed by atoms with E-state index in [2.05, 4.69) is 33.2 Å². The number of methoxy groups -OCH3 is 1. The molecule has 0 saturated carbocycles. The maximum Gasteiger partial charge on any atom is 0.220 e. The maximum absolute atomic E-state index is 6.49. The van der Waals surface area contributed by atoms with Gasteiger partial charge in [-0.1, -0.05) is 30.7 Å². The van der Waals surface area contributed by atoms with Crippen LogP contribution >= 0.6 is 11.6 Å². The van der Waals surface area contributed by atoms with Crippen molar-refractivity contribution in [2.24, 2.45) is 21.5 Å². The van der Waals surface area contributed by atoms with E-state index in [0.29, 0.717) is 11.6 Å². The standard InChI is InChI=1S/C21H28ClN7O/c1-12(21(2)27-19(23)26-20(24)28-21)15-10-13-6-4-8-16(22)17(13)25-18(15)29-9-5-7-14(29)11-30-3/h4,6,8,10,12,14H,5,7,9,11H2,1-3H3,(H5,23,24,26,27,28)/t12-,14+/m0/s1. The minimum absolute atomic E-state index is 0.0974. The van der Waals surface area contributed by atoms with E-state index < -0.39 is 5.66 Å². The van der Waals surface area contributed by atoms with Gasteiger partial charge in [-0.25, -0.2) is 9.98 Å². The van der Waals surface area contributed by atoms with Gasteiger partial charge >= 0.3 is 0 Å². The number of nitrogens with zero attached hydrogens (tertiary/aromatic N) is 4. The predicted octanol–water partition coefficient (Wildman–Crippen LogP) is 2.56. The van der Waals surface area contributed by atoms with Crippen molar-refractivity contribution < 1.29 is 4.74 Å². The Kier molecular flexibility index (Phi) is 5.46. The summed E-state index contributed by atoms with van der Waals surface area (Å²) in [6, 6.07) is 8.24. The molecule has 4 rings (SSSR count). The molecule has 1 saturated heterocycles. The first kappa shape index (κ1) is 20.7. The van der Waals surface area contributed by atoms with Crippen molar-refractivity contribution in [3.63, 3.8) is 0 Å². The summed E-state index contributed by atoms with van der Waals surface area (Å²) in [5, 5.41) is 4.81. The van der Waals surface area contributed by atoms with Gasteiger partial charge in [0.25, 0.3) is 0 Å². The lowest BCUT2D eigenvalue weighted by Crippen LogP contribution is -2.55. The molecule has 0 radical (unpaired) electrons. The molecule has 9 heteroatoms. The molecule has 0 bridgehead atoms. The number of aliphatic imine (C=N–C) groups is 2. The SMILES string of the molecule is COC[C@H]1CCCN1c1nc2c(Cl)cccc2cc1[C@H](C)C1(C)N=C(N)N=C(N)N1. The second-order valence-electron chi connectivity index (χ2n) is 8.12. The Morgan fingerprint density at radius 2 is 2.20 bits per heavy atom. The van der Waals surface area contributed by atoms with Crippen LogP contribution in [0.4, 0.5) is 5.82 Å². The van der Waals surface area contributed by atoms with Crippen LogP contribution in [-0.4, -0.2) is 48.9 Å². The molecular weight excluding hydrogens is 402 g/mol. The van der Waals surface area contributed by atoms with Crippen molar-refractivity contribution in [3.8, 4) is 0 Å². The van der Waals surface area contributed by atoms with E-state index in [0.717, 1.165) is 41.7 Å². The van der Waals surface area contributed by atoms with Crippen molar-refractivity contribution in [1.29, 1.82) is 0 Å². The molecule has 2 aliphatic heterocycles. The Bertz CT molecular complexity index is 1020. The van der Waals surface area contributed by atoms with Gasteiger partial charge < -0.3 is 26.4 Å². The summed E-state index contributed by atoms with van der Waals surface area (Å²) in [7, 11) is 1.73. The fourth-order valence-electron chi connectivity index (χ4n) is 4.41. The largest absolute Gasteiger partial charge is 0.383 e. The summed E-state index contributed by atoms with van der Waals surface area (Å²) < 4.78 is 5.47. The first-order chi connectivity index (χ1) is 14.3. The number of guanidine groups is 2. The van der Waals surface area contributed by atoms with Crippen LogP contribution in [0.25, 0.3) is 10.9 Å². The topological polar surface area (TPSA) is 114 Å². The molecule has 1 aromatic carbocycles. The number of halogens is 1. The van der Waals surface area contributed by atoms with Crippen molar-refractivity contribution >= 4 is 40.2 Å². The van der Waals surface area contributed by atoms with E-state index in [-0.39, 0.29) is 23.9 Å². The lowest BCUT2D eigenvalue weighted by Gasteiger charge is -2.38. The zero-order valence-corrected chi connectivity index (χ0v) is 18.3. The minimum atomic E-state index is -0.755. The van der Waals surface area contributed by atoms with Gasteiger partial charge in [0.1, 0.15) is 11.5 Å². The molecule has 1 aromatic heterocycles. The van der Waals surface area contributed by atoms with Gasteiger partial charge in [0.15, 0.2) is 5.96 Å². The summed E-state index contributed by atoms with van der Waals surface area (Å²) in [4.78, 5) is 16.0.